The van der Waals surface area contributed by atoms with Crippen molar-refractivity contribution in [3.63, 3.8) is 0 Å². The Morgan fingerprint density at radius 2 is 1.92 bits per heavy atom. The third-order valence-corrected chi connectivity index (χ3v) is 5.75. The molecule has 0 saturated heterocycles. The highest BCUT2D eigenvalue weighted by Crippen LogP contribution is 2.11. The molecule has 26 heavy (non-hydrogen) atoms. The molecule has 0 saturated carbocycles. The normalized spacial score (nSPS) is 12.2. The molecule has 0 aliphatic carbocycles. The molecule has 3 rings (SSSR count). The predicted molar refractivity (Wildman–Crippen MR) is 104 cm³/mol. The van der Waals surface area contributed by atoms with Crippen LogP contribution in [0.5, 0.6) is 0 Å². The molecule has 0 bridgehead atoms. The van der Waals surface area contributed by atoms with Crippen LogP contribution in [-0.4, -0.2) is 24.5 Å². The number of thiophene rings is 1. The van der Waals surface area contributed by atoms with Crippen molar-refractivity contribution < 1.29 is 8.42 Å². The Labute approximate surface area is 153 Å². The second-order valence-corrected chi connectivity index (χ2v) is 8.27. The topological polar surface area (TPSA) is 101 Å². The van der Waals surface area contributed by atoms with Gasteiger partial charge in [-0.15, -0.1) is 11.3 Å². The van der Waals surface area contributed by atoms with Crippen LogP contribution in [-0.2, 0) is 16.6 Å². The second kappa shape index (κ2) is 7.40. The predicted octanol–water partition coefficient (Wildman–Crippen LogP) is 1.65. The third kappa shape index (κ3) is 4.18. The van der Waals surface area contributed by atoms with Gasteiger partial charge in [0.2, 0.25) is 10.0 Å². The van der Waals surface area contributed by atoms with Crippen LogP contribution in [0, 0.1) is 6.92 Å². The van der Waals surface area contributed by atoms with Gasteiger partial charge in [0.1, 0.15) is 4.70 Å². The monoisotopic (exact) mass is 391 g/mol. The molecular formula is C17H17N3O4S2. The van der Waals surface area contributed by atoms with Crippen molar-refractivity contribution in [1.82, 2.24) is 14.3 Å². The molecular weight excluding hydrogens is 374 g/mol. The summed E-state index contributed by atoms with van der Waals surface area (Å²) >= 11 is 1.23. The van der Waals surface area contributed by atoms with Crippen molar-refractivity contribution in [2.45, 2.75) is 13.5 Å². The Bertz CT molecular complexity index is 1170. The first-order valence-electron chi connectivity index (χ1n) is 7.80. The smallest absolute Gasteiger partial charge is 0.306 e. The Morgan fingerprint density at radius 3 is 2.65 bits per heavy atom. The number of rotatable bonds is 6. The van der Waals surface area contributed by atoms with Gasteiger partial charge >= 0.3 is 5.69 Å². The molecule has 0 atom stereocenters. The van der Waals surface area contributed by atoms with Gasteiger partial charge in [-0.25, -0.2) is 17.9 Å². The lowest BCUT2D eigenvalue weighted by Gasteiger charge is -2.05. The molecule has 3 aromatic rings. The van der Waals surface area contributed by atoms with E-state index in [0.717, 1.165) is 21.1 Å². The maximum atomic E-state index is 12.3. The fourth-order valence-electron chi connectivity index (χ4n) is 2.37. The summed E-state index contributed by atoms with van der Waals surface area (Å²) in [6.07, 6.45) is 1.48. The molecule has 2 heterocycles. The van der Waals surface area contributed by atoms with Gasteiger partial charge in [-0.05, 0) is 30.0 Å². The SMILES string of the molecule is Cc1ccc(/C=C/S(=O)(=O)NCCn2c(=O)[nH]c3ccsc3c2=O)cc1. The van der Waals surface area contributed by atoms with Crippen LogP contribution >= 0.6 is 11.3 Å². The summed E-state index contributed by atoms with van der Waals surface area (Å²) in [6.45, 7) is 1.82. The number of H-pyrrole nitrogens is 1. The number of nitrogens with one attached hydrogen (secondary N) is 2. The molecule has 9 heteroatoms. The van der Waals surface area contributed by atoms with Crippen LogP contribution in [0.2, 0.25) is 0 Å². The summed E-state index contributed by atoms with van der Waals surface area (Å²) in [7, 11) is -3.67. The highest BCUT2D eigenvalue weighted by Gasteiger charge is 2.10. The molecule has 0 radical (unpaired) electrons. The van der Waals surface area contributed by atoms with E-state index in [1.165, 1.54) is 17.4 Å². The van der Waals surface area contributed by atoms with Crippen molar-refractivity contribution in [3.8, 4) is 0 Å². The maximum Gasteiger partial charge on any atom is 0.328 e. The number of aryl methyl sites for hydroxylation is 1. The van der Waals surface area contributed by atoms with Crippen molar-refractivity contribution >= 4 is 37.7 Å². The lowest BCUT2D eigenvalue weighted by molar-refractivity contribution is 0.574. The van der Waals surface area contributed by atoms with Crippen LogP contribution in [0.4, 0.5) is 0 Å². The lowest BCUT2D eigenvalue weighted by atomic mass is 10.2. The number of hydrogen-bond acceptors (Lipinski definition) is 5. The standard InChI is InChI=1S/C17H17N3O4S2/c1-12-2-4-13(5-3-12)7-11-26(23,24)18-8-9-20-16(21)15-14(6-10-25-15)19-17(20)22/h2-7,10-11,18H,8-9H2,1H3,(H,19,22)/b11-7+. The Hall–Kier alpha value is -2.49. The van der Waals surface area contributed by atoms with Gasteiger partial charge in [0.25, 0.3) is 5.56 Å². The van der Waals surface area contributed by atoms with Gasteiger partial charge in [0.15, 0.2) is 0 Å². The number of fused-ring (bicyclic) bond motifs is 1. The quantitative estimate of drug-likeness (QED) is 0.667. The number of sulfonamides is 1. The first-order chi connectivity index (χ1) is 12.4. The van der Waals surface area contributed by atoms with Crippen LogP contribution in [0.25, 0.3) is 16.3 Å². The van der Waals surface area contributed by atoms with E-state index in [9.17, 15) is 18.0 Å². The summed E-state index contributed by atoms with van der Waals surface area (Å²) in [4.78, 5) is 26.8. The van der Waals surface area contributed by atoms with Crippen molar-refractivity contribution in [3.05, 3.63) is 73.1 Å². The molecule has 2 N–H and O–H groups in total. The van der Waals surface area contributed by atoms with Gasteiger partial charge in [-0.3, -0.25) is 9.36 Å². The summed E-state index contributed by atoms with van der Waals surface area (Å²) in [5.74, 6) is 0. The molecule has 7 nitrogen and oxygen atoms in total. The van der Waals surface area contributed by atoms with E-state index < -0.39 is 21.3 Å². The molecule has 2 aromatic heterocycles. The lowest BCUT2D eigenvalue weighted by Crippen LogP contribution is -2.38. The highest BCUT2D eigenvalue weighted by molar-refractivity contribution is 7.92. The van der Waals surface area contributed by atoms with Gasteiger partial charge < -0.3 is 4.98 Å². The molecule has 0 aliphatic rings. The first-order valence-corrected chi connectivity index (χ1v) is 10.2. The van der Waals surface area contributed by atoms with E-state index >= 15 is 0 Å². The van der Waals surface area contributed by atoms with Crippen LogP contribution in [0.15, 0.2) is 50.7 Å². The van der Waals surface area contributed by atoms with Gasteiger partial charge in [-0.2, -0.15) is 0 Å². The summed E-state index contributed by atoms with van der Waals surface area (Å²) in [5.41, 5.74) is 1.35. The Kier molecular flexibility index (Phi) is 5.21. The van der Waals surface area contributed by atoms with Gasteiger partial charge in [0.05, 0.1) is 5.52 Å². The Morgan fingerprint density at radius 1 is 1.19 bits per heavy atom. The van der Waals surface area contributed by atoms with Crippen LogP contribution < -0.4 is 16.0 Å². The fourth-order valence-corrected chi connectivity index (χ4v) is 3.97. The molecule has 0 fully saturated rings. The minimum Gasteiger partial charge on any atom is -0.306 e. The van der Waals surface area contributed by atoms with Crippen LogP contribution in [0.3, 0.4) is 0 Å². The van der Waals surface area contributed by atoms with Crippen molar-refractivity contribution in [2.75, 3.05) is 6.54 Å². The number of nitrogens with zero attached hydrogens (tertiary/aromatic N) is 1. The van der Waals surface area contributed by atoms with E-state index in [4.69, 9.17) is 0 Å². The zero-order chi connectivity index (χ0) is 18.7. The third-order valence-electron chi connectivity index (χ3n) is 3.75. The van der Waals surface area contributed by atoms with Crippen molar-refractivity contribution in [1.29, 1.82) is 0 Å². The van der Waals surface area contributed by atoms with Gasteiger partial charge in [0, 0.05) is 18.5 Å². The highest BCUT2D eigenvalue weighted by atomic mass is 32.2. The van der Waals surface area contributed by atoms with Gasteiger partial charge in [-0.1, -0.05) is 29.8 Å². The number of hydrogen-bond donors (Lipinski definition) is 2. The average molecular weight is 391 g/mol. The molecule has 0 aliphatic heterocycles. The fraction of sp³-hybridized carbons (Fsp3) is 0.176. The van der Waals surface area contributed by atoms with E-state index in [2.05, 4.69) is 9.71 Å². The van der Waals surface area contributed by atoms with E-state index in [0.29, 0.717) is 10.2 Å². The van der Waals surface area contributed by atoms with E-state index in [1.807, 2.05) is 31.2 Å². The molecule has 136 valence electrons. The second-order valence-electron chi connectivity index (χ2n) is 5.70. The zero-order valence-corrected chi connectivity index (χ0v) is 15.6. The zero-order valence-electron chi connectivity index (χ0n) is 13.9. The summed E-state index contributed by atoms with van der Waals surface area (Å²) in [5, 5.41) is 2.78. The molecule has 0 unspecified atom stereocenters. The Balaban J connectivity index is 1.68. The van der Waals surface area contributed by atoms with Crippen molar-refractivity contribution in [2.24, 2.45) is 0 Å². The van der Waals surface area contributed by atoms with E-state index in [1.54, 1.807) is 11.4 Å². The number of benzene rings is 1. The largest absolute Gasteiger partial charge is 0.328 e. The van der Waals surface area contributed by atoms with Crippen LogP contribution in [0.1, 0.15) is 11.1 Å². The number of aromatic amines is 1. The minimum atomic E-state index is -3.67. The molecule has 1 aromatic carbocycles. The minimum absolute atomic E-state index is 0.0559. The average Bonchev–Trinajstić information content (AvgIpc) is 3.06. The van der Waals surface area contributed by atoms with E-state index in [-0.39, 0.29) is 13.1 Å². The maximum absolute atomic E-state index is 12.3. The first kappa shape index (κ1) is 18.3. The molecule has 0 spiro atoms. The summed E-state index contributed by atoms with van der Waals surface area (Å²) < 4.78 is 27.9. The summed E-state index contributed by atoms with van der Waals surface area (Å²) in [6, 6.07) is 9.07. The number of aromatic nitrogens is 2. The molecule has 0 amide bonds.